The van der Waals surface area contributed by atoms with Gasteiger partial charge in [-0.2, -0.15) is 0 Å². The Morgan fingerprint density at radius 2 is 2.22 bits per heavy atom. The van der Waals surface area contributed by atoms with Gasteiger partial charge in [-0.15, -0.1) is 0 Å². The summed E-state index contributed by atoms with van der Waals surface area (Å²) in [6.45, 7) is 8.73. The van der Waals surface area contributed by atoms with Crippen LogP contribution in [-0.2, 0) is 0 Å². The van der Waals surface area contributed by atoms with Gasteiger partial charge in [0.15, 0.2) is 0 Å². The smallest absolute Gasteiger partial charge is 0.123 e. The van der Waals surface area contributed by atoms with Crippen LogP contribution in [0.4, 0.5) is 4.39 Å². The first-order valence-electron chi connectivity index (χ1n) is 6.71. The van der Waals surface area contributed by atoms with Crippen molar-refractivity contribution in [3.8, 4) is 0 Å². The number of piperidine rings is 1. The molecule has 2 nitrogen and oxygen atoms in total. The zero-order valence-corrected chi connectivity index (χ0v) is 11.5. The third-order valence-electron chi connectivity index (χ3n) is 3.93. The van der Waals surface area contributed by atoms with E-state index in [-0.39, 0.29) is 17.3 Å². The average Bonchev–Trinajstić information content (AvgIpc) is 2.31. The van der Waals surface area contributed by atoms with Crippen LogP contribution in [-0.4, -0.2) is 19.1 Å². The van der Waals surface area contributed by atoms with E-state index in [1.54, 1.807) is 12.1 Å². The minimum absolute atomic E-state index is 0.161. The molecule has 1 aromatic rings. The lowest BCUT2D eigenvalue weighted by Crippen LogP contribution is -2.53. The maximum atomic E-state index is 13.2. The monoisotopic (exact) mass is 250 g/mol. The van der Waals surface area contributed by atoms with Crippen molar-refractivity contribution in [1.29, 1.82) is 0 Å². The number of rotatable bonds is 3. The molecule has 100 valence electrons. The molecule has 1 heterocycles. The molecule has 0 amide bonds. The van der Waals surface area contributed by atoms with Crippen LogP contribution in [0.5, 0.6) is 0 Å². The molecule has 1 aliphatic heterocycles. The van der Waals surface area contributed by atoms with Gasteiger partial charge in [-0.25, -0.2) is 4.39 Å². The van der Waals surface area contributed by atoms with Crippen LogP contribution in [0.15, 0.2) is 24.3 Å². The summed E-state index contributed by atoms with van der Waals surface area (Å²) in [5.41, 5.74) is 1.25. The minimum Gasteiger partial charge on any atom is -0.316 e. The lowest BCUT2D eigenvalue weighted by atomic mass is 9.79. The van der Waals surface area contributed by atoms with Gasteiger partial charge in [-0.3, -0.25) is 0 Å². The second-order valence-corrected chi connectivity index (χ2v) is 5.95. The van der Waals surface area contributed by atoms with Crippen LogP contribution in [0.25, 0.3) is 0 Å². The number of hydrogen-bond donors (Lipinski definition) is 2. The lowest BCUT2D eigenvalue weighted by molar-refractivity contribution is 0.174. The topological polar surface area (TPSA) is 24.1 Å². The molecular formula is C15H23FN2. The van der Waals surface area contributed by atoms with Crippen molar-refractivity contribution in [1.82, 2.24) is 10.6 Å². The highest BCUT2D eigenvalue weighted by Gasteiger charge is 2.32. The predicted octanol–water partition coefficient (Wildman–Crippen LogP) is 2.86. The van der Waals surface area contributed by atoms with E-state index in [9.17, 15) is 4.39 Å². The average molecular weight is 250 g/mol. The molecular weight excluding hydrogens is 227 g/mol. The van der Waals surface area contributed by atoms with E-state index in [4.69, 9.17) is 0 Å². The molecule has 18 heavy (non-hydrogen) atoms. The molecule has 2 unspecified atom stereocenters. The summed E-state index contributed by atoms with van der Waals surface area (Å²) in [5, 5.41) is 7.07. The fourth-order valence-electron chi connectivity index (χ4n) is 2.65. The molecule has 1 aliphatic rings. The van der Waals surface area contributed by atoms with Crippen molar-refractivity contribution < 1.29 is 4.39 Å². The maximum absolute atomic E-state index is 13.2. The Kier molecular flexibility index (Phi) is 4.03. The highest BCUT2D eigenvalue weighted by atomic mass is 19.1. The first-order valence-corrected chi connectivity index (χ1v) is 6.71. The van der Waals surface area contributed by atoms with Crippen LogP contribution in [0.1, 0.15) is 38.8 Å². The molecule has 2 rings (SSSR count). The van der Waals surface area contributed by atoms with Crippen LogP contribution in [0, 0.1) is 11.2 Å². The summed E-state index contributed by atoms with van der Waals surface area (Å²) in [6, 6.07) is 7.52. The van der Waals surface area contributed by atoms with Crippen molar-refractivity contribution in [2.24, 2.45) is 5.41 Å². The second-order valence-electron chi connectivity index (χ2n) is 5.95. The Morgan fingerprint density at radius 3 is 2.89 bits per heavy atom. The number of hydrogen-bond acceptors (Lipinski definition) is 2. The Balaban J connectivity index is 2.04. The van der Waals surface area contributed by atoms with E-state index >= 15 is 0 Å². The quantitative estimate of drug-likeness (QED) is 0.862. The Morgan fingerprint density at radius 1 is 1.44 bits per heavy atom. The molecule has 3 heteroatoms. The maximum Gasteiger partial charge on any atom is 0.123 e. The predicted molar refractivity (Wildman–Crippen MR) is 73.0 cm³/mol. The van der Waals surface area contributed by atoms with E-state index in [0.29, 0.717) is 6.04 Å². The van der Waals surface area contributed by atoms with Crippen molar-refractivity contribution >= 4 is 0 Å². The van der Waals surface area contributed by atoms with Gasteiger partial charge in [0, 0.05) is 18.6 Å². The van der Waals surface area contributed by atoms with Gasteiger partial charge in [-0.05, 0) is 43.0 Å². The van der Waals surface area contributed by atoms with Crippen molar-refractivity contribution in [3.05, 3.63) is 35.6 Å². The minimum atomic E-state index is -0.161. The van der Waals surface area contributed by atoms with Gasteiger partial charge in [0.1, 0.15) is 5.82 Å². The fraction of sp³-hybridized carbons (Fsp3) is 0.600. The molecule has 0 spiro atoms. The molecule has 0 bridgehead atoms. The Bertz CT molecular complexity index is 403. The van der Waals surface area contributed by atoms with Crippen LogP contribution in [0.2, 0.25) is 0 Å². The molecule has 0 aliphatic carbocycles. The van der Waals surface area contributed by atoms with Crippen LogP contribution < -0.4 is 10.6 Å². The largest absolute Gasteiger partial charge is 0.316 e. The fourth-order valence-corrected chi connectivity index (χ4v) is 2.65. The van der Waals surface area contributed by atoms with E-state index < -0.39 is 0 Å². The standard InChI is InChI=1S/C15H23FN2/c1-11(12-5-4-6-13(16)9-12)18-14-7-8-17-10-15(14,2)3/h4-6,9,11,14,17-18H,7-8,10H2,1-3H3. The summed E-state index contributed by atoms with van der Waals surface area (Å²) in [6.07, 6.45) is 1.12. The van der Waals surface area contributed by atoms with Gasteiger partial charge < -0.3 is 10.6 Å². The summed E-state index contributed by atoms with van der Waals surface area (Å²) >= 11 is 0. The van der Waals surface area contributed by atoms with Crippen molar-refractivity contribution in [2.45, 2.75) is 39.3 Å². The summed E-state index contributed by atoms with van der Waals surface area (Å²) in [4.78, 5) is 0. The van der Waals surface area contributed by atoms with E-state index in [2.05, 4.69) is 31.4 Å². The number of nitrogens with one attached hydrogen (secondary N) is 2. The van der Waals surface area contributed by atoms with E-state index in [1.807, 2.05) is 6.07 Å². The van der Waals surface area contributed by atoms with Gasteiger partial charge in [-0.1, -0.05) is 26.0 Å². The molecule has 1 aromatic carbocycles. The van der Waals surface area contributed by atoms with Gasteiger partial charge in [0.05, 0.1) is 0 Å². The molecule has 0 radical (unpaired) electrons. The zero-order valence-electron chi connectivity index (χ0n) is 11.5. The zero-order chi connectivity index (χ0) is 13.2. The Labute approximate surface area is 109 Å². The molecule has 0 saturated carbocycles. The van der Waals surface area contributed by atoms with Crippen LogP contribution >= 0.6 is 0 Å². The molecule has 2 N–H and O–H groups in total. The van der Waals surface area contributed by atoms with Crippen molar-refractivity contribution in [3.63, 3.8) is 0 Å². The first-order chi connectivity index (χ1) is 8.49. The summed E-state index contributed by atoms with van der Waals surface area (Å²) < 4.78 is 13.2. The third-order valence-corrected chi connectivity index (χ3v) is 3.93. The van der Waals surface area contributed by atoms with Gasteiger partial charge >= 0.3 is 0 Å². The summed E-state index contributed by atoms with van der Waals surface area (Å²) in [5.74, 6) is -0.161. The third kappa shape index (κ3) is 3.09. The SMILES string of the molecule is CC(NC1CCNCC1(C)C)c1cccc(F)c1. The Hall–Kier alpha value is -0.930. The molecule has 0 aromatic heterocycles. The second kappa shape index (κ2) is 5.37. The highest BCUT2D eigenvalue weighted by Crippen LogP contribution is 2.27. The molecule has 1 fully saturated rings. The highest BCUT2D eigenvalue weighted by molar-refractivity contribution is 5.19. The molecule has 2 atom stereocenters. The van der Waals surface area contributed by atoms with E-state index in [0.717, 1.165) is 25.1 Å². The number of halogens is 1. The van der Waals surface area contributed by atoms with Crippen LogP contribution in [0.3, 0.4) is 0 Å². The van der Waals surface area contributed by atoms with Gasteiger partial charge in [0.2, 0.25) is 0 Å². The normalized spacial score (nSPS) is 24.8. The lowest BCUT2D eigenvalue weighted by Gasteiger charge is -2.41. The summed E-state index contributed by atoms with van der Waals surface area (Å²) in [7, 11) is 0. The van der Waals surface area contributed by atoms with Crippen molar-refractivity contribution in [2.75, 3.05) is 13.1 Å². The first kappa shape index (κ1) is 13.5. The number of benzene rings is 1. The molecule has 1 saturated heterocycles. The van der Waals surface area contributed by atoms with Gasteiger partial charge in [0.25, 0.3) is 0 Å². The van der Waals surface area contributed by atoms with E-state index in [1.165, 1.54) is 6.07 Å².